The third-order valence-electron chi connectivity index (χ3n) is 5.26. The molecule has 2 aromatic rings. The Bertz CT molecular complexity index is 933. The number of amides is 2. The smallest absolute Gasteiger partial charge is 0.256 e. The molecular weight excluding hydrogens is 413 g/mol. The Labute approximate surface area is 177 Å². The van der Waals surface area contributed by atoms with Crippen LogP contribution in [0.1, 0.15) is 42.5 Å². The third kappa shape index (κ3) is 5.36. The van der Waals surface area contributed by atoms with E-state index in [0.717, 1.165) is 25.7 Å². The van der Waals surface area contributed by atoms with Gasteiger partial charge >= 0.3 is 0 Å². The fourth-order valence-corrected chi connectivity index (χ4v) is 4.48. The molecule has 30 heavy (non-hydrogen) atoms. The van der Waals surface area contributed by atoms with E-state index in [9.17, 15) is 22.8 Å². The molecule has 0 saturated heterocycles. The Kier molecular flexibility index (Phi) is 7.42. The SMILES string of the molecule is CN(C(=O)CSc1ccccc1C(=O)Nc1cc(F)c(F)cc1F)C1CCCCC1. The number of nitrogens with one attached hydrogen (secondary N) is 1. The summed E-state index contributed by atoms with van der Waals surface area (Å²) >= 11 is 1.22. The second-order valence-electron chi connectivity index (χ2n) is 7.28. The number of hydrogen-bond acceptors (Lipinski definition) is 3. The first kappa shape index (κ1) is 22.2. The topological polar surface area (TPSA) is 49.4 Å². The summed E-state index contributed by atoms with van der Waals surface area (Å²) < 4.78 is 40.3. The first-order chi connectivity index (χ1) is 14.4. The molecule has 0 aliphatic heterocycles. The summed E-state index contributed by atoms with van der Waals surface area (Å²) in [6.07, 6.45) is 5.46. The molecule has 1 aliphatic carbocycles. The van der Waals surface area contributed by atoms with Crippen LogP contribution in [0.15, 0.2) is 41.3 Å². The average Bonchev–Trinajstić information content (AvgIpc) is 2.76. The van der Waals surface area contributed by atoms with E-state index in [1.807, 2.05) is 7.05 Å². The van der Waals surface area contributed by atoms with Gasteiger partial charge in [0.1, 0.15) is 5.82 Å². The van der Waals surface area contributed by atoms with Gasteiger partial charge in [0.25, 0.3) is 5.91 Å². The van der Waals surface area contributed by atoms with Crippen LogP contribution in [0.5, 0.6) is 0 Å². The van der Waals surface area contributed by atoms with E-state index < -0.39 is 29.0 Å². The Hall–Kier alpha value is -2.48. The number of anilines is 1. The minimum Gasteiger partial charge on any atom is -0.342 e. The van der Waals surface area contributed by atoms with Crippen LogP contribution < -0.4 is 5.32 Å². The maximum Gasteiger partial charge on any atom is 0.256 e. The molecule has 0 aromatic heterocycles. The number of benzene rings is 2. The largest absolute Gasteiger partial charge is 0.342 e. The summed E-state index contributed by atoms with van der Waals surface area (Å²) in [5.41, 5.74) is -0.230. The third-order valence-corrected chi connectivity index (χ3v) is 6.32. The highest BCUT2D eigenvalue weighted by Gasteiger charge is 2.23. The monoisotopic (exact) mass is 436 g/mol. The van der Waals surface area contributed by atoms with E-state index in [2.05, 4.69) is 5.32 Å². The van der Waals surface area contributed by atoms with Gasteiger partial charge in [-0.05, 0) is 25.0 Å². The van der Waals surface area contributed by atoms with E-state index in [1.165, 1.54) is 24.2 Å². The van der Waals surface area contributed by atoms with E-state index in [4.69, 9.17) is 0 Å². The van der Waals surface area contributed by atoms with Crippen molar-refractivity contribution in [3.63, 3.8) is 0 Å². The first-order valence-electron chi connectivity index (χ1n) is 9.80. The number of carbonyl (C=O) groups excluding carboxylic acids is 2. The molecule has 8 heteroatoms. The zero-order valence-electron chi connectivity index (χ0n) is 16.6. The summed E-state index contributed by atoms with van der Waals surface area (Å²) in [7, 11) is 1.81. The molecule has 2 amide bonds. The Morgan fingerprint density at radius 1 is 1.03 bits per heavy atom. The molecule has 1 aliphatic rings. The van der Waals surface area contributed by atoms with Crippen LogP contribution in [0.4, 0.5) is 18.9 Å². The lowest BCUT2D eigenvalue weighted by Gasteiger charge is -2.31. The van der Waals surface area contributed by atoms with Gasteiger partial charge in [-0.25, -0.2) is 13.2 Å². The normalized spacial score (nSPS) is 14.4. The van der Waals surface area contributed by atoms with Crippen molar-refractivity contribution in [3.05, 3.63) is 59.4 Å². The highest BCUT2D eigenvalue weighted by molar-refractivity contribution is 8.00. The lowest BCUT2D eigenvalue weighted by Crippen LogP contribution is -2.39. The van der Waals surface area contributed by atoms with Crippen LogP contribution in [-0.2, 0) is 4.79 Å². The first-order valence-corrected chi connectivity index (χ1v) is 10.8. The minimum absolute atomic E-state index is 0.0197. The summed E-state index contributed by atoms with van der Waals surface area (Å²) in [5.74, 6) is -4.19. The quantitative estimate of drug-likeness (QED) is 0.498. The van der Waals surface area contributed by atoms with Crippen LogP contribution in [0.3, 0.4) is 0 Å². The molecule has 0 radical (unpaired) electrons. The standard InChI is InChI=1S/C22H23F3N2O2S/c1-27(14-7-3-2-4-8-14)21(28)13-30-20-10-6-5-9-15(20)22(29)26-19-12-17(24)16(23)11-18(19)25/h5-6,9-12,14H,2-4,7-8,13H2,1H3,(H,26,29). The molecule has 0 unspecified atom stereocenters. The van der Waals surface area contributed by atoms with Crippen molar-refractivity contribution in [2.45, 2.75) is 43.0 Å². The van der Waals surface area contributed by atoms with Gasteiger partial charge in [-0.1, -0.05) is 31.4 Å². The number of hydrogen-bond donors (Lipinski definition) is 1. The molecule has 0 spiro atoms. The second-order valence-corrected chi connectivity index (χ2v) is 8.30. The van der Waals surface area contributed by atoms with Gasteiger partial charge in [0.2, 0.25) is 5.91 Å². The van der Waals surface area contributed by atoms with E-state index in [0.29, 0.717) is 17.0 Å². The van der Waals surface area contributed by atoms with Crippen LogP contribution >= 0.6 is 11.8 Å². The highest BCUT2D eigenvalue weighted by Crippen LogP contribution is 2.27. The molecule has 0 bridgehead atoms. The van der Waals surface area contributed by atoms with Gasteiger partial charge < -0.3 is 10.2 Å². The summed E-state index contributed by atoms with van der Waals surface area (Å²) in [6.45, 7) is 0. The van der Waals surface area contributed by atoms with Gasteiger partial charge in [0.15, 0.2) is 11.6 Å². The minimum atomic E-state index is -1.33. The van der Waals surface area contributed by atoms with Crippen LogP contribution in [0.25, 0.3) is 0 Å². The van der Waals surface area contributed by atoms with E-state index in [-0.39, 0.29) is 23.3 Å². The van der Waals surface area contributed by atoms with Gasteiger partial charge in [-0.3, -0.25) is 9.59 Å². The molecular formula is C22H23F3N2O2S. The Morgan fingerprint density at radius 3 is 2.43 bits per heavy atom. The van der Waals surface area contributed by atoms with Crippen molar-refractivity contribution in [2.24, 2.45) is 0 Å². The number of carbonyl (C=O) groups is 2. The molecule has 160 valence electrons. The van der Waals surface area contributed by atoms with Gasteiger partial charge in [-0.15, -0.1) is 11.8 Å². The van der Waals surface area contributed by atoms with Gasteiger partial charge in [0.05, 0.1) is 17.0 Å². The Balaban J connectivity index is 1.67. The summed E-state index contributed by atoms with van der Waals surface area (Å²) in [5, 5.41) is 2.27. The second kappa shape index (κ2) is 10.0. The fourth-order valence-electron chi connectivity index (χ4n) is 3.50. The van der Waals surface area contributed by atoms with Crippen molar-refractivity contribution < 1.29 is 22.8 Å². The molecule has 0 heterocycles. The van der Waals surface area contributed by atoms with Crippen molar-refractivity contribution in [1.29, 1.82) is 0 Å². The number of thioether (sulfide) groups is 1. The zero-order valence-corrected chi connectivity index (χ0v) is 17.4. The lowest BCUT2D eigenvalue weighted by atomic mass is 9.94. The predicted octanol–water partition coefficient (Wildman–Crippen LogP) is 5.24. The molecule has 1 N–H and O–H groups in total. The van der Waals surface area contributed by atoms with Gasteiger partial charge in [-0.2, -0.15) is 0 Å². The Morgan fingerprint density at radius 2 is 1.70 bits per heavy atom. The maximum atomic E-state index is 13.8. The van der Waals surface area contributed by atoms with Crippen LogP contribution in [0, 0.1) is 17.5 Å². The van der Waals surface area contributed by atoms with Crippen LogP contribution in [0.2, 0.25) is 0 Å². The van der Waals surface area contributed by atoms with Crippen molar-refractivity contribution in [2.75, 3.05) is 18.1 Å². The predicted molar refractivity (Wildman–Crippen MR) is 111 cm³/mol. The number of nitrogens with zero attached hydrogens (tertiary/aromatic N) is 1. The zero-order chi connectivity index (χ0) is 21.7. The van der Waals surface area contributed by atoms with Crippen LogP contribution in [-0.4, -0.2) is 35.6 Å². The van der Waals surface area contributed by atoms with Crippen molar-refractivity contribution >= 4 is 29.3 Å². The number of halogens is 3. The molecule has 3 rings (SSSR count). The van der Waals surface area contributed by atoms with Crippen molar-refractivity contribution in [3.8, 4) is 0 Å². The highest BCUT2D eigenvalue weighted by atomic mass is 32.2. The molecule has 1 saturated carbocycles. The molecule has 0 atom stereocenters. The van der Waals surface area contributed by atoms with Gasteiger partial charge in [0, 0.05) is 30.1 Å². The van der Waals surface area contributed by atoms with E-state index in [1.54, 1.807) is 23.1 Å². The lowest BCUT2D eigenvalue weighted by molar-refractivity contribution is -0.129. The maximum absolute atomic E-state index is 13.8. The fraction of sp³-hybridized carbons (Fsp3) is 0.364. The average molecular weight is 436 g/mol. The summed E-state index contributed by atoms with van der Waals surface area (Å²) in [4.78, 5) is 27.5. The van der Waals surface area contributed by atoms with E-state index >= 15 is 0 Å². The van der Waals surface area contributed by atoms with Crippen molar-refractivity contribution in [1.82, 2.24) is 4.90 Å². The molecule has 2 aromatic carbocycles. The molecule has 4 nitrogen and oxygen atoms in total. The summed E-state index contributed by atoms with van der Waals surface area (Å²) in [6, 6.07) is 7.82. The number of rotatable bonds is 6. The molecule has 1 fully saturated rings.